The van der Waals surface area contributed by atoms with Crippen LogP contribution in [0.4, 0.5) is 0 Å². The molecule has 2 aliphatic rings. The molecule has 0 radical (unpaired) electrons. The highest BCUT2D eigenvalue weighted by Gasteiger charge is 2.43. The fraction of sp³-hybridized carbons (Fsp3) is 0.722. The van der Waals surface area contributed by atoms with Gasteiger partial charge in [-0.05, 0) is 19.3 Å². The van der Waals surface area contributed by atoms with E-state index in [0.717, 1.165) is 76.9 Å². The van der Waals surface area contributed by atoms with Crippen molar-refractivity contribution in [1.29, 1.82) is 5.26 Å². The van der Waals surface area contributed by atoms with Crippen LogP contribution < -0.4 is 0 Å². The molecule has 2 heterocycles. The van der Waals surface area contributed by atoms with Crippen molar-refractivity contribution in [2.24, 2.45) is 5.41 Å². The van der Waals surface area contributed by atoms with Gasteiger partial charge in [-0.15, -0.1) is 11.3 Å². The van der Waals surface area contributed by atoms with Gasteiger partial charge in [0, 0.05) is 38.1 Å². The topological polar surface area (TPSA) is 60.2 Å². The van der Waals surface area contributed by atoms with E-state index in [-0.39, 0.29) is 5.91 Å². The van der Waals surface area contributed by atoms with E-state index in [1.165, 1.54) is 5.01 Å². The lowest BCUT2D eigenvalue weighted by Crippen LogP contribution is -2.53. The Morgan fingerprint density at radius 1 is 1.29 bits per heavy atom. The third-order valence-corrected chi connectivity index (χ3v) is 6.32. The summed E-state index contributed by atoms with van der Waals surface area (Å²) in [7, 11) is 0. The van der Waals surface area contributed by atoms with Gasteiger partial charge in [-0.25, -0.2) is 4.98 Å². The van der Waals surface area contributed by atoms with Gasteiger partial charge in [0.1, 0.15) is 5.41 Å². The Balaban J connectivity index is 1.54. The predicted molar refractivity (Wildman–Crippen MR) is 94.5 cm³/mol. The molecule has 0 N–H and O–H groups in total. The number of carbonyl (C=O) groups excluding carboxylic acids is 1. The second-order valence-electron chi connectivity index (χ2n) is 6.91. The quantitative estimate of drug-likeness (QED) is 0.841. The zero-order valence-electron chi connectivity index (χ0n) is 14.5. The summed E-state index contributed by atoms with van der Waals surface area (Å²) in [6.45, 7) is 6.18. The summed E-state index contributed by atoms with van der Waals surface area (Å²) in [5.41, 5.74) is 0.392. The molecule has 1 aliphatic carbocycles. The number of nitrogens with zero attached hydrogens (tertiary/aromatic N) is 4. The molecule has 1 aromatic rings. The lowest BCUT2D eigenvalue weighted by molar-refractivity contribution is -0.142. The lowest BCUT2D eigenvalue weighted by atomic mass is 9.74. The first kappa shape index (κ1) is 17.4. The fourth-order valence-electron chi connectivity index (χ4n) is 3.75. The van der Waals surface area contributed by atoms with Gasteiger partial charge in [0.15, 0.2) is 0 Å². The lowest BCUT2D eigenvalue weighted by Gasteiger charge is -2.39. The molecular formula is C18H26N4OS. The molecule has 1 amide bonds. The largest absolute Gasteiger partial charge is 0.339 e. The molecule has 2 fully saturated rings. The van der Waals surface area contributed by atoms with Crippen LogP contribution in [0.5, 0.6) is 0 Å². The molecule has 0 atom stereocenters. The Kier molecular flexibility index (Phi) is 5.52. The molecule has 1 aliphatic heterocycles. The minimum Gasteiger partial charge on any atom is -0.339 e. The second kappa shape index (κ2) is 7.62. The Morgan fingerprint density at radius 3 is 2.58 bits per heavy atom. The van der Waals surface area contributed by atoms with Crippen LogP contribution in [0.15, 0.2) is 5.38 Å². The Morgan fingerprint density at radius 2 is 2.00 bits per heavy atom. The van der Waals surface area contributed by atoms with E-state index in [4.69, 9.17) is 0 Å². The van der Waals surface area contributed by atoms with Crippen LogP contribution in [0.2, 0.25) is 0 Å². The van der Waals surface area contributed by atoms with Crippen molar-refractivity contribution in [1.82, 2.24) is 14.8 Å². The summed E-state index contributed by atoms with van der Waals surface area (Å²) in [5, 5.41) is 12.9. The third kappa shape index (κ3) is 3.62. The zero-order chi connectivity index (χ0) is 17.0. The molecule has 6 heteroatoms. The maximum Gasteiger partial charge on any atom is 0.243 e. The molecule has 24 heavy (non-hydrogen) atoms. The van der Waals surface area contributed by atoms with Gasteiger partial charge in [0.2, 0.25) is 5.91 Å². The maximum absolute atomic E-state index is 12.9. The summed E-state index contributed by atoms with van der Waals surface area (Å²) in [6, 6.07) is 2.36. The average Bonchev–Trinajstić information content (AvgIpc) is 3.10. The molecule has 0 aromatic carbocycles. The van der Waals surface area contributed by atoms with Gasteiger partial charge < -0.3 is 4.90 Å². The van der Waals surface area contributed by atoms with E-state index in [9.17, 15) is 10.1 Å². The molecule has 0 unspecified atom stereocenters. The van der Waals surface area contributed by atoms with E-state index < -0.39 is 5.41 Å². The number of hydrogen-bond donors (Lipinski definition) is 0. The highest BCUT2D eigenvalue weighted by Crippen LogP contribution is 2.37. The normalized spacial score (nSPS) is 21.4. The van der Waals surface area contributed by atoms with E-state index >= 15 is 0 Å². The van der Waals surface area contributed by atoms with E-state index in [1.807, 2.05) is 4.90 Å². The van der Waals surface area contributed by atoms with Crippen molar-refractivity contribution in [2.45, 2.75) is 52.0 Å². The van der Waals surface area contributed by atoms with Crippen LogP contribution in [0.1, 0.15) is 49.7 Å². The highest BCUT2D eigenvalue weighted by molar-refractivity contribution is 7.09. The van der Waals surface area contributed by atoms with Crippen molar-refractivity contribution in [3.63, 3.8) is 0 Å². The number of nitriles is 1. The number of carbonyl (C=O) groups is 1. The van der Waals surface area contributed by atoms with Crippen LogP contribution in [0.25, 0.3) is 0 Å². The molecule has 0 spiro atoms. The summed E-state index contributed by atoms with van der Waals surface area (Å²) in [4.78, 5) is 21.8. The average molecular weight is 347 g/mol. The van der Waals surface area contributed by atoms with Crippen molar-refractivity contribution in [3.8, 4) is 6.07 Å². The SMILES string of the molecule is CCc1nc(CN2CCN(C(=O)C3(C#N)CCCCC3)CC2)cs1. The Labute approximate surface area is 148 Å². The molecule has 5 nitrogen and oxygen atoms in total. The number of aromatic nitrogens is 1. The van der Waals surface area contributed by atoms with Gasteiger partial charge in [-0.1, -0.05) is 26.2 Å². The van der Waals surface area contributed by atoms with Gasteiger partial charge in [-0.2, -0.15) is 5.26 Å². The minimum atomic E-state index is -0.745. The van der Waals surface area contributed by atoms with Gasteiger partial charge >= 0.3 is 0 Å². The molecule has 3 rings (SSSR count). The summed E-state index contributed by atoms with van der Waals surface area (Å²) in [5.74, 6) is 0.0753. The molecule has 1 aromatic heterocycles. The standard InChI is InChI=1S/C18H26N4OS/c1-2-16-20-15(13-24-16)12-21-8-10-22(11-9-21)17(23)18(14-19)6-4-3-5-7-18/h13H,2-12H2,1H3. The first-order chi connectivity index (χ1) is 11.7. The fourth-order valence-corrected chi connectivity index (χ4v) is 4.49. The van der Waals surface area contributed by atoms with Gasteiger partial charge in [0.05, 0.1) is 16.8 Å². The maximum atomic E-state index is 12.9. The monoisotopic (exact) mass is 346 g/mol. The number of thiazole rings is 1. The molecule has 0 bridgehead atoms. The summed E-state index contributed by atoms with van der Waals surface area (Å²) < 4.78 is 0. The molecule has 1 saturated carbocycles. The molecular weight excluding hydrogens is 320 g/mol. The van der Waals surface area contributed by atoms with E-state index in [2.05, 4.69) is 28.3 Å². The van der Waals surface area contributed by atoms with Crippen molar-refractivity contribution in [2.75, 3.05) is 26.2 Å². The second-order valence-corrected chi connectivity index (χ2v) is 7.85. The van der Waals surface area contributed by atoms with Crippen LogP contribution >= 0.6 is 11.3 Å². The molecule has 1 saturated heterocycles. The van der Waals surface area contributed by atoms with Crippen LogP contribution in [-0.4, -0.2) is 46.9 Å². The van der Waals surface area contributed by atoms with Crippen molar-refractivity contribution < 1.29 is 4.79 Å². The van der Waals surface area contributed by atoms with Gasteiger partial charge in [0.25, 0.3) is 0 Å². The minimum absolute atomic E-state index is 0.0753. The van der Waals surface area contributed by atoms with Crippen LogP contribution in [0, 0.1) is 16.7 Å². The summed E-state index contributed by atoms with van der Waals surface area (Å²) >= 11 is 1.73. The number of aryl methyl sites for hydroxylation is 1. The van der Waals surface area contributed by atoms with Crippen molar-refractivity contribution in [3.05, 3.63) is 16.1 Å². The zero-order valence-corrected chi connectivity index (χ0v) is 15.3. The predicted octanol–water partition coefficient (Wildman–Crippen LogP) is 2.82. The van der Waals surface area contributed by atoms with Crippen LogP contribution in [-0.2, 0) is 17.8 Å². The van der Waals surface area contributed by atoms with Gasteiger partial charge in [-0.3, -0.25) is 9.69 Å². The first-order valence-electron chi connectivity index (χ1n) is 9.03. The highest BCUT2D eigenvalue weighted by atomic mass is 32.1. The number of rotatable bonds is 4. The van der Waals surface area contributed by atoms with E-state index in [1.54, 1.807) is 11.3 Å². The number of hydrogen-bond acceptors (Lipinski definition) is 5. The number of amides is 1. The van der Waals surface area contributed by atoms with Crippen LogP contribution in [0.3, 0.4) is 0 Å². The summed E-state index contributed by atoms with van der Waals surface area (Å²) in [6.07, 6.45) is 5.62. The molecule has 130 valence electrons. The smallest absolute Gasteiger partial charge is 0.243 e. The Bertz CT molecular complexity index is 607. The van der Waals surface area contributed by atoms with Crippen molar-refractivity contribution >= 4 is 17.2 Å². The first-order valence-corrected chi connectivity index (χ1v) is 9.91. The van der Waals surface area contributed by atoms with E-state index in [0.29, 0.717) is 0 Å². The number of piperazine rings is 1. The Hall–Kier alpha value is -1.45. The third-order valence-electron chi connectivity index (χ3n) is 5.28.